The number of methoxy groups -OCH3 is 2. The van der Waals surface area contributed by atoms with Gasteiger partial charge in [0, 0.05) is 11.6 Å². The fourth-order valence-electron chi connectivity index (χ4n) is 3.46. The largest absolute Gasteiger partial charge is 0.497 e. The molecule has 1 N–H and O–H groups in total. The Balaban J connectivity index is 2.00. The fourth-order valence-corrected chi connectivity index (χ4v) is 3.46. The second-order valence-corrected chi connectivity index (χ2v) is 6.43. The Bertz CT molecular complexity index is 547. The van der Waals surface area contributed by atoms with Crippen LogP contribution in [0.2, 0.25) is 0 Å². The van der Waals surface area contributed by atoms with Crippen molar-refractivity contribution in [3.05, 3.63) is 23.8 Å². The maximum atomic E-state index is 12.5. The van der Waals surface area contributed by atoms with Crippen molar-refractivity contribution in [3.63, 3.8) is 0 Å². The topological polar surface area (TPSA) is 50.8 Å². The van der Waals surface area contributed by atoms with Gasteiger partial charge in [0.1, 0.15) is 11.5 Å². The molecule has 1 aromatic carbocycles. The number of rotatable bonds is 7. The van der Waals surface area contributed by atoms with Crippen LogP contribution in [0, 0.1) is 0 Å². The van der Waals surface area contributed by atoms with Gasteiger partial charge < -0.3 is 14.8 Å². The summed E-state index contributed by atoms with van der Waals surface area (Å²) in [7, 11) is 3.27. The quantitative estimate of drug-likeness (QED) is 0.832. The van der Waals surface area contributed by atoms with E-state index in [1.807, 2.05) is 25.1 Å². The number of carbonyl (C=O) groups is 1. The van der Waals surface area contributed by atoms with Crippen molar-refractivity contribution in [3.8, 4) is 11.5 Å². The van der Waals surface area contributed by atoms with Crippen molar-refractivity contribution in [1.82, 2.24) is 10.2 Å². The van der Waals surface area contributed by atoms with E-state index in [-0.39, 0.29) is 11.9 Å². The third-order valence-corrected chi connectivity index (χ3v) is 4.85. The molecule has 1 amide bonds. The highest BCUT2D eigenvalue weighted by Gasteiger charge is 2.24. The first-order chi connectivity index (χ1) is 11.6. The van der Waals surface area contributed by atoms with Crippen LogP contribution in [-0.2, 0) is 4.79 Å². The smallest absolute Gasteiger partial charge is 0.234 e. The van der Waals surface area contributed by atoms with E-state index in [4.69, 9.17) is 9.47 Å². The number of piperidine rings is 1. The molecule has 1 aliphatic rings. The van der Waals surface area contributed by atoms with Crippen LogP contribution in [-0.4, -0.2) is 44.2 Å². The lowest BCUT2D eigenvalue weighted by Gasteiger charge is -2.34. The summed E-state index contributed by atoms with van der Waals surface area (Å²) in [6.07, 6.45) is 4.76. The van der Waals surface area contributed by atoms with E-state index in [9.17, 15) is 4.79 Å². The van der Waals surface area contributed by atoms with Gasteiger partial charge in [-0.25, -0.2) is 0 Å². The molecule has 24 heavy (non-hydrogen) atoms. The van der Waals surface area contributed by atoms with Crippen LogP contribution in [0.1, 0.15) is 51.1 Å². The molecule has 0 saturated carbocycles. The van der Waals surface area contributed by atoms with Crippen LogP contribution in [0.3, 0.4) is 0 Å². The summed E-state index contributed by atoms with van der Waals surface area (Å²) < 4.78 is 10.7. The Labute approximate surface area is 145 Å². The number of ether oxygens (including phenoxy) is 2. The molecule has 2 rings (SSSR count). The standard InChI is InChI=1S/C19H30N2O3/c1-5-15-8-6-7-11-21(15)13-19(22)20-14(2)17-12-16(23-3)9-10-18(17)24-4/h9-10,12,14-15H,5-8,11,13H2,1-4H3,(H,20,22). The van der Waals surface area contributed by atoms with Crippen LogP contribution in [0.5, 0.6) is 11.5 Å². The second kappa shape index (κ2) is 8.92. The molecular formula is C19H30N2O3. The van der Waals surface area contributed by atoms with Gasteiger partial charge in [-0.3, -0.25) is 9.69 Å². The monoisotopic (exact) mass is 334 g/mol. The second-order valence-electron chi connectivity index (χ2n) is 6.43. The summed E-state index contributed by atoms with van der Waals surface area (Å²) in [5.74, 6) is 1.58. The zero-order valence-electron chi connectivity index (χ0n) is 15.3. The Morgan fingerprint density at radius 1 is 1.33 bits per heavy atom. The Hall–Kier alpha value is -1.75. The number of nitrogens with zero attached hydrogens (tertiary/aromatic N) is 1. The normalized spacial score (nSPS) is 19.6. The number of hydrogen-bond acceptors (Lipinski definition) is 4. The lowest BCUT2D eigenvalue weighted by Crippen LogP contribution is -2.45. The molecule has 1 aromatic rings. The number of likely N-dealkylation sites (tertiary alicyclic amines) is 1. The summed E-state index contributed by atoms with van der Waals surface area (Å²) in [5.41, 5.74) is 0.927. The van der Waals surface area contributed by atoms with Gasteiger partial charge in [0.25, 0.3) is 0 Å². The zero-order chi connectivity index (χ0) is 17.5. The molecule has 0 aliphatic carbocycles. The third kappa shape index (κ3) is 4.63. The Kier molecular flexibility index (Phi) is 6.91. The van der Waals surface area contributed by atoms with Crippen LogP contribution >= 0.6 is 0 Å². The van der Waals surface area contributed by atoms with Gasteiger partial charge >= 0.3 is 0 Å². The molecule has 0 bridgehead atoms. The van der Waals surface area contributed by atoms with Gasteiger partial charge in [-0.05, 0) is 50.9 Å². The van der Waals surface area contributed by atoms with Crippen LogP contribution in [0.15, 0.2) is 18.2 Å². The van der Waals surface area contributed by atoms with Gasteiger partial charge in [-0.2, -0.15) is 0 Å². The maximum Gasteiger partial charge on any atom is 0.234 e. The summed E-state index contributed by atoms with van der Waals surface area (Å²) in [6, 6.07) is 6.04. The van der Waals surface area contributed by atoms with E-state index in [2.05, 4.69) is 17.1 Å². The predicted octanol–water partition coefficient (Wildman–Crippen LogP) is 3.15. The van der Waals surface area contributed by atoms with E-state index < -0.39 is 0 Å². The fraction of sp³-hybridized carbons (Fsp3) is 0.632. The van der Waals surface area contributed by atoms with Crippen LogP contribution in [0.4, 0.5) is 0 Å². The molecule has 5 nitrogen and oxygen atoms in total. The molecule has 1 aliphatic heterocycles. The molecule has 2 atom stereocenters. The number of amides is 1. The molecule has 1 fully saturated rings. The lowest BCUT2D eigenvalue weighted by molar-refractivity contribution is -0.123. The summed E-state index contributed by atoms with van der Waals surface area (Å²) in [4.78, 5) is 14.8. The predicted molar refractivity (Wildman–Crippen MR) is 95.6 cm³/mol. The first-order valence-electron chi connectivity index (χ1n) is 8.84. The Morgan fingerprint density at radius 3 is 2.79 bits per heavy atom. The van der Waals surface area contributed by atoms with Crippen molar-refractivity contribution in [2.24, 2.45) is 0 Å². The summed E-state index contributed by atoms with van der Waals surface area (Å²) in [6.45, 7) is 5.66. The van der Waals surface area contributed by atoms with E-state index in [0.717, 1.165) is 30.0 Å². The number of carbonyl (C=O) groups excluding carboxylic acids is 1. The van der Waals surface area contributed by atoms with E-state index in [1.54, 1.807) is 14.2 Å². The summed E-state index contributed by atoms with van der Waals surface area (Å²) in [5, 5.41) is 3.10. The highest BCUT2D eigenvalue weighted by Crippen LogP contribution is 2.29. The van der Waals surface area contributed by atoms with Crippen molar-refractivity contribution in [1.29, 1.82) is 0 Å². The van der Waals surface area contributed by atoms with Gasteiger partial charge in [0.2, 0.25) is 5.91 Å². The first kappa shape index (κ1) is 18.6. The molecule has 1 saturated heterocycles. The number of nitrogens with one attached hydrogen (secondary N) is 1. The lowest BCUT2D eigenvalue weighted by atomic mass is 10.00. The average Bonchev–Trinajstić information content (AvgIpc) is 2.61. The maximum absolute atomic E-state index is 12.5. The average molecular weight is 334 g/mol. The molecule has 0 radical (unpaired) electrons. The molecule has 134 valence electrons. The van der Waals surface area contributed by atoms with E-state index in [1.165, 1.54) is 19.3 Å². The first-order valence-corrected chi connectivity index (χ1v) is 8.84. The minimum Gasteiger partial charge on any atom is -0.497 e. The number of hydrogen-bond donors (Lipinski definition) is 1. The van der Waals surface area contributed by atoms with E-state index >= 15 is 0 Å². The van der Waals surface area contributed by atoms with Gasteiger partial charge in [-0.15, -0.1) is 0 Å². The van der Waals surface area contributed by atoms with Crippen LogP contribution in [0.25, 0.3) is 0 Å². The van der Waals surface area contributed by atoms with Crippen LogP contribution < -0.4 is 14.8 Å². The highest BCUT2D eigenvalue weighted by molar-refractivity contribution is 5.78. The van der Waals surface area contributed by atoms with Gasteiger partial charge in [0.15, 0.2) is 0 Å². The van der Waals surface area contributed by atoms with Crippen molar-refractivity contribution >= 4 is 5.91 Å². The summed E-state index contributed by atoms with van der Waals surface area (Å²) >= 11 is 0. The third-order valence-electron chi connectivity index (χ3n) is 4.85. The molecular weight excluding hydrogens is 304 g/mol. The zero-order valence-corrected chi connectivity index (χ0v) is 15.3. The van der Waals surface area contributed by atoms with Gasteiger partial charge in [0.05, 0.1) is 26.8 Å². The molecule has 2 unspecified atom stereocenters. The molecule has 0 aromatic heterocycles. The Morgan fingerprint density at radius 2 is 2.12 bits per heavy atom. The van der Waals surface area contributed by atoms with Crippen molar-refractivity contribution in [2.75, 3.05) is 27.3 Å². The van der Waals surface area contributed by atoms with Crippen molar-refractivity contribution < 1.29 is 14.3 Å². The van der Waals surface area contributed by atoms with Crippen molar-refractivity contribution in [2.45, 2.75) is 51.6 Å². The SMILES string of the molecule is CCC1CCCCN1CC(=O)NC(C)c1cc(OC)ccc1OC. The van der Waals surface area contributed by atoms with Gasteiger partial charge in [-0.1, -0.05) is 13.3 Å². The van der Waals surface area contributed by atoms with E-state index in [0.29, 0.717) is 12.6 Å². The molecule has 5 heteroatoms. The highest BCUT2D eigenvalue weighted by atomic mass is 16.5. The number of benzene rings is 1. The molecule has 0 spiro atoms. The molecule has 1 heterocycles. The minimum atomic E-state index is -0.132. The minimum absolute atomic E-state index is 0.0627.